The van der Waals surface area contributed by atoms with Crippen molar-refractivity contribution in [3.8, 4) is 5.88 Å². The van der Waals surface area contributed by atoms with Crippen LogP contribution in [0.15, 0.2) is 72.8 Å². The Morgan fingerprint density at radius 2 is 1.85 bits per heavy atom. The Morgan fingerprint density at radius 3 is 2.59 bits per heavy atom. The fourth-order valence-electron chi connectivity index (χ4n) is 4.02. The smallest absolute Gasteiger partial charge is 0.329 e. The number of fused-ring (bicyclic) bond motifs is 2. The van der Waals surface area contributed by atoms with Gasteiger partial charge < -0.3 is 9.67 Å². The molecule has 3 aromatic heterocycles. The number of halogens is 1. The van der Waals surface area contributed by atoms with Crippen LogP contribution in [-0.2, 0) is 20.1 Å². The van der Waals surface area contributed by atoms with Gasteiger partial charge in [0.05, 0.1) is 12.1 Å². The van der Waals surface area contributed by atoms with Crippen LogP contribution in [0.5, 0.6) is 5.88 Å². The van der Waals surface area contributed by atoms with Gasteiger partial charge in [-0.2, -0.15) is 4.98 Å². The lowest BCUT2D eigenvalue weighted by Crippen LogP contribution is -2.29. The number of nitrogens with one attached hydrogen (secondary N) is 1. The number of hydrogen-bond acceptors (Lipinski definition) is 6. The van der Waals surface area contributed by atoms with Crippen LogP contribution in [0.25, 0.3) is 22.1 Å². The summed E-state index contributed by atoms with van der Waals surface area (Å²) in [7, 11) is 1.53. The first kappa shape index (κ1) is 21.8. The van der Waals surface area contributed by atoms with Crippen molar-refractivity contribution in [1.82, 2.24) is 23.7 Å². The van der Waals surface area contributed by atoms with Gasteiger partial charge in [-0.05, 0) is 30.7 Å². The van der Waals surface area contributed by atoms with Crippen molar-refractivity contribution >= 4 is 49.6 Å². The lowest BCUT2D eigenvalue weighted by atomic mass is 10.2. The van der Waals surface area contributed by atoms with Crippen LogP contribution in [0.2, 0.25) is 0 Å². The molecule has 3 heterocycles. The standard InChI is InChI=1S/C23H20BrN7O3/c1-3-30-16-10-9-14(24)11-15(16)17(21(30)33)27-28-22-25-19-18(20(32)26-23(34)29(19)2)31(22)12-13-7-5-4-6-8-13/h4-11,33H,3,12H2,1-2H3,(H,26,32,34). The molecule has 0 saturated heterocycles. The molecule has 0 amide bonds. The quantitative estimate of drug-likeness (QED) is 0.334. The Morgan fingerprint density at radius 1 is 1.09 bits per heavy atom. The number of aromatic amines is 1. The first-order valence-corrected chi connectivity index (χ1v) is 11.3. The second-order valence-corrected chi connectivity index (χ2v) is 8.67. The minimum absolute atomic E-state index is 0.0182. The number of aromatic nitrogens is 5. The fourth-order valence-corrected chi connectivity index (χ4v) is 4.39. The number of H-pyrrole nitrogens is 1. The third kappa shape index (κ3) is 3.54. The molecule has 0 fully saturated rings. The second-order valence-electron chi connectivity index (χ2n) is 7.75. The maximum Gasteiger partial charge on any atom is 0.329 e. The van der Waals surface area contributed by atoms with E-state index in [0.717, 1.165) is 15.6 Å². The number of nitrogens with zero attached hydrogens (tertiary/aromatic N) is 6. The molecular weight excluding hydrogens is 502 g/mol. The van der Waals surface area contributed by atoms with Gasteiger partial charge in [0.2, 0.25) is 5.88 Å². The van der Waals surface area contributed by atoms with Crippen LogP contribution in [-0.4, -0.2) is 28.8 Å². The van der Waals surface area contributed by atoms with E-state index in [9.17, 15) is 14.7 Å². The van der Waals surface area contributed by atoms with Gasteiger partial charge >= 0.3 is 5.69 Å². The van der Waals surface area contributed by atoms with Crippen LogP contribution >= 0.6 is 15.9 Å². The highest BCUT2D eigenvalue weighted by atomic mass is 79.9. The predicted octanol–water partition coefficient (Wildman–Crippen LogP) is 4.33. The van der Waals surface area contributed by atoms with Gasteiger partial charge in [-0.1, -0.05) is 46.3 Å². The number of benzene rings is 2. The first-order chi connectivity index (χ1) is 16.4. The number of imidazole rings is 1. The molecule has 0 spiro atoms. The molecule has 0 atom stereocenters. The van der Waals surface area contributed by atoms with Crippen molar-refractivity contribution in [2.45, 2.75) is 20.0 Å². The zero-order valence-electron chi connectivity index (χ0n) is 18.4. The van der Waals surface area contributed by atoms with Gasteiger partial charge in [-0.25, -0.2) is 4.79 Å². The van der Waals surface area contributed by atoms with E-state index >= 15 is 0 Å². The Kier molecular flexibility index (Phi) is 5.40. The minimum Gasteiger partial charge on any atom is -0.493 e. The average Bonchev–Trinajstić information content (AvgIpc) is 3.31. The molecule has 172 valence electrons. The summed E-state index contributed by atoms with van der Waals surface area (Å²) in [4.78, 5) is 31.6. The topological polar surface area (TPSA) is 123 Å². The summed E-state index contributed by atoms with van der Waals surface area (Å²) in [5.74, 6) is 0.118. The monoisotopic (exact) mass is 521 g/mol. The van der Waals surface area contributed by atoms with Crippen LogP contribution in [0.1, 0.15) is 12.5 Å². The van der Waals surface area contributed by atoms with Crippen molar-refractivity contribution in [3.63, 3.8) is 0 Å². The highest BCUT2D eigenvalue weighted by molar-refractivity contribution is 9.10. The molecular formula is C23H20BrN7O3. The molecule has 5 aromatic rings. The van der Waals surface area contributed by atoms with Crippen molar-refractivity contribution in [3.05, 3.63) is 79.4 Å². The van der Waals surface area contributed by atoms with Gasteiger partial charge in [0.1, 0.15) is 0 Å². The maximum atomic E-state index is 12.7. The number of aromatic hydroxyl groups is 1. The third-order valence-corrected chi connectivity index (χ3v) is 6.19. The molecule has 34 heavy (non-hydrogen) atoms. The molecule has 0 aliphatic rings. The van der Waals surface area contributed by atoms with E-state index in [1.165, 1.54) is 11.6 Å². The van der Waals surface area contributed by atoms with E-state index in [2.05, 4.69) is 36.1 Å². The predicted molar refractivity (Wildman–Crippen MR) is 132 cm³/mol. The van der Waals surface area contributed by atoms with Gasteiger partial charge in [-0.15, -0.1) is 10.2 Å². The van der Waals surface area contributed by atoms with Crippen molar-refractivity contribution < 1.29 is 5.11 Å². The average molecular weight is 522 g/mol. The third-order valence-electron chi connectivity index (χ3n) is 5.70. The van der Waals surface area contributed by atoms with E-state index in [-0.39, 0.29) is 23.0 Å². The number of azo groups is 1. The van der Waals surface area contributed by atoms with Gasteiger partial charge in [0, 0.05) is 23.5 Å². The molecule has 2 aromatic carbocycles. The van der Waals surface area contributed by atoms with Crippen molar-refractivity contribution in [2.24, 2.45) is 17.3 Å². The SMILES string of the molecule is CCn1c(O)c(N=Nc2nc3c(c(=O)[nH]c(=O)n3C)n2Cc2ccccc2)c2cc(Br)ccc21. The summed E-state index contributed by atoms with van der Waals surface area (Å²) in [6.45, 7) is 2.76. The summed E-state index contributed by atoms with van der Waals surface area (Å²) < 4.78 is 5.44. The highest BCUT2D eigenvalue weighted by Gasteiger charge is 2.19. The zero-order chi connectivity index (χ0) is 24.0. The van der Waals surface area contributed by atoms with E-state index in [4.69, 9.17) is 0 Å². The molecule has 0 aliphatic carbocycles. The van der Waals surface area contributed by atoms with Crippen molar-refractivity contribution in [2.75, 3.05) is 0 Å². The molecule has 11 heteroatoms. The molecule has 5 rings (SSSR count). The number of hydrogen-bond donors (Lipinski definition) is 2. The summed E-state index contributed by atoms with van der Waals surface area (Å²) in [6, 6.07) is 15.2. The van der Waals surface area contributed by atoms with E-state index < -0.39 is 11.2 Å². The largest absolute Gasteiger partial charge is 0.493 e. The highest BCUT2D eigenvalue weighted by Crippen LogP contribution is 2.40. The van der Waals surface area contributed by atoms with Crippen LogP contribution in [0.4, 0.5) is 11.6 Å². The maximum absolute atomic E-state index is 12.7. The van der Waals surface area contributed by atoms with Crippen LogP contribution < -0.4 is 11.2 Å². The van der Waals surface area contributed by atoms with Crippen molar-refractivity contribution in [1.29, 1.82) is 0 Å². The lowest BCUT2D eigenvalue weighted by Gasteiger charge is -2.06. The Bertz CT molecular complexity index is 1690. The van der Waals surface area contributed by atoms with E-state index in [1.807, 2.05) is 55.5 Å². The summed E-state index contributed by atoms with van der Waals surface area (Å²) >= 11 is 3.46. The number of aryl methyl sites for hydroxylation is 2. The number of rotatable bonds is 5. The summed E-state index contributed by atoms with van der Waals surface area (Å²) in [5.41, 5.74) is 1.30. The zero-order valence-corrected chi connectivity index (χ0v) is 19.9. The summed E-state index contributed by atoms with van der Waals surface area (Å²) in [6.07, 6.45) is 0. The first-order valence-electron chi connectivity index (χ1n) is 10.5. The van der Waals surface area contributed by atoms with E-state index in [0.29, 0.717) is 24.2 Å². The van der Waals surface area contributed by atoms with Gasteiger partial charge in [-0.3, -0.25) is 18.9 Å². The molecule has 0 radical (unpaired) electrons. The molecule has 10 nitrogen and oxygen atoms in total. The summed E-state index contributed by atoms with van der Waals surface area (Å²) in [5, 5.41) is 20.2. The minimum atomic E-state index is -0.570. The Labute approximate surface area is 201 Å². The van der Waals surface area contributed by atoms with Gasteiger partial charge in [0.25, 0.3) is 11.5 Å². The lowest BCUT2D eigenvalue weighted by molar-refractivity contribution is 0.427. The second kappa shape index (κ2) is 8.41. The Hall–Kier alpha value is -3.99. The van der Waals surface area contributed by atoms with Crippen LogP contribution in [0.3, 0.4) is 0 Å². The normalized spacial score (nSPS) is 11.9. The molecule has 2 N–H and O–H groups in total. The van der Waals surface area contributed by atoms with Crippen LogP contribution in [0, 0.1) is 0 Å². The van der Waals surface area contributed by atoms with E-state index in [1.54, 1.807) is 9.13 Å². The molecule has 0 aliphatic heterocycles. The Balaban J connectivity index is 1.73. The fraction of sp³-hybridized carbons (Fsp3) is 0.174. The molecule has 0 saturated carbocycles. The van der Waals surface area contributed by atoms with Gasteiger partial charge in [0.15, 0.2) is 16.9 Å². The molecule has 0 unspecified atom stereocenters. The molecule has 0 bridgehead atoms.